The molecule has 2 N–H and O–H groups in total. The molecule has 0 atom stereocenters. The highest BCUT2D eigenvalue weighted by molar-refractivity contribution is 5.98. The number of carbonyl (C=O) groups excluding carboxylic acids is 2. The van der Waals surface area contributed by atoms with Gasteiger partial charge in [0.05, 0.1) is 0 Å². The third-order valence-corrected chi connectivity index (χ3v) is 2.38. The number of hydrogen-bond acceptors (Lipinski definition) is 4. The molecule has 7 heteroatoms. The van der Waals surface area contributed by atoms with Gasteiger partial charge < -0.3 is 0 Å². The summed E-state index contributed by atoms with van der Waals surface area (Å²) in [6.07, 6.45) is 4.58. The van der Waals surface area contributed by atoms with E-state index in [0.29, 0.717) is 5.56 Å². The summed E-state index contributed by atoms with van der Waals surface area (Å²) in [5.41, 5.74) is 6.20. The first-order chi connectivity index (χ1) is 9.16. The second-order valence-electron chi connectivity index (χ2n) is 3.86. The number of nitrogens with zero attached hydrogens (tertiary/aromatic N) is 2. The van der Waals surface area contributed by atoms with Gasteiger partial charge >= 0.3 is 0 Å². The van der Waals surface area contributed by atoms with Gasteiger partial charge in [-0.25, -0.2) is 0 Å². The highest BCUT2D eigenvalue weighted by Crippen LogP contribution is 1.98. The van der Waals surface area contributed by atoms with E-state index in [1.54, 1.807) is 30.5 Å². The smallest absolute Gasteiger partial charge is 0.267 e. The SMILES string of the molecule is Cc1ccc(C(=O)NNC(=O)c2ccncc2)nc1.Cl. The molecule has 6 nitrogen and oxygen atoms in total. The van der Waals surface area contributed by atoms with Gasteiger partial charge in [0.15, 0.2) is 0 Å². The monoisotopic (exact) mass is 292 g/mol. The molecule has 2 aromatic heterocycles. The minimum atomic E-state index is -0.470. The first-order valence-corrected chi connectivity index (χ1v) is 5.60. The van der Waals surface area contributed by atoms with Gasteiger partial charge in [-0.15, -0.1) is 12.4 Å². The summed E-state index contributed by atoms with van der Waals surface area (Å²) in [7, 11) is 0. The van der Waals surface area contributed by atoms with Crippen LogP contribution >= 0.6 is 12.4 Å². The number of halogens is 1. The first-order valence-electron chi connectivity index (χ1n) is 5.60. The van der Waals surface area contributed by atoms with Crippen molar-refractivity contribution in [2.75, 3.05) is 0 Å². The van der Waals surface area contributed by atoms with Crippen molar-refractivity contribution in [2.45, 2.75) is 6.92 Å². The molecule has 0 saturated heterocycles. The second kappa shape index (κ2) is 7.20. The van der Waals surface area contributed by atoms with Crippen LogP contribution in [0.5, 0.6) is 0 Å². The Morgan fingerprint density at radius 3 is 2.25 bits per heavy atom. The van der Waals surface area contributed by atoms with E-state index in [0.717, 1.165) is 5.56 Å². The number of nitrogens with one attached hydrogen (secondary N) is 2. The van der Waals surface area contributed by atoms with Crippen LogP contribution in [0.4, 0.5) is 0 Å². The van der Waals surface area contributed by atoms with E-state index in [-0.39, 0.29) is 18.1 Å². The molecule has 2 heterocycles. The van der Waals surface area contributed by atoms with E-state index in [1.165, 1.54) is 12.4 Å². The number of amides is 2. The molecule has 0 unspecified atom stereocenters. The van der Waals surface area contributed by atoms with Crippen LogP contribution in [0, 0.1) is 6.92 Å². The molecule has 0 aliphatic carbocycles. The number of aromatic nitrogens is 2. The predicted molar refractivity (Wildman–Crippen MR) is 75.4 cm³/mol. The number of aryl methyl sites for hydroxylation is 1. The standard InChI is InChI=1S/C13H12N4O2.ClH/c1-9-2-3-11(15-8-9)13(19)17-16-12(18)10-4-6-14-7-5-10;/h2-8H,1H3,(H,16,18)(H,17,19);1H. The fourth-order valence-corrected chi connectivity index (χ4v) is 1.36. The zero-order valence-electron chi connectivity index (χ0n) is 10.7. The summed E-state index contributed by atoms with van der Waals surface area (Å²) < 4.78 is 0. The van der Waals surface area contributed by atoms with Crippen molar-refractivity contribution in [2.24, 2.45) is 0 Å². The molecule has 0 aromatic carbocycles. The van der Waals surface area contributed by atoms with Crippen LogP contribution in [-0.2, 0) is 0 Å². The van der Waals surface area contributed by atoms with Crippen molar-refractivity contribution in [3.8, 4) is 0 Å². The van der Waals surface area contributed by atoms with E-state index in [1.807, 2.05) is 6.92 Å². The third kappa shape index (κ3) is 4.03. The maximum atomic E-state index is 11.7. The Labute approximate surface area is 122 Å². The van der Waals surface area contributed by atoms with Gasteiger partial charge in [0.25, 0.3) is 11.8 Å². The fraction of sp³-hybridized carbons (Fsp3) is 0.0769. The molecular formula is C13H13ClN4O2. The van der Waals surface area contributed by atoms with E-state index in [9.17, 15) is 9.59 Å². The van der Waals surface area contributed by atoms with Crippen LogP contribution in [0.1, 0.15) is 26.4 Å². The van der Waals surface area contributed by atoms with Crippen molar-refractivity contribution < 1.29 is 9.59 Å². The predicted octanol–water partition coefficient (Wildman–Crippen LogP) is 1.28. The highest BCUT2D eigenvalue weighted by Gasteiger charge is 2.09. The molecule has 0 radical (unpaired) electrons. The lowest BCUT2D eigenvalue weighted by Gasteiger charge is -2.06. The van der Waals surface area contributed by atoms with Crippen molar-refractivity contribution in [1.29, 1.82) is 0 Å². The van der Waals surface area contributed by atoms with Gasteiger partial charge in [0, 0.05) is 24.2 Å². The molecule has 0 spiro atoms. The lowest BCUT2D eigenvalue weighted by atomic mass is 10.2. The Balaban J connectivity index is 0.00000200. The molecule has 0 aliphatic heterocycles. The lowest BCUT2D eigenvalue weighted by molar-refractivity contribution is 0.0844. The summed E-state index contributed by atoms with van der Waals surface area (Å²) >= 11 is 0. The molecular weight excluding hydrogens is 280 g/mol. The molecule has 2 amide bonds. The van der Waals surface area contributed by atoms with Crippen LogP contribution < -0.4 is 10.9 Å². The number of hydrazine groups is 1. The van der Waals surface area contributed by atoms with Gasteiger partial charge in [-0.3, -0.25) is 30.4 Å². The summed E-state index contributed by atoms with van der Waals surface area (Å²) in [6, 6.07) is 6.45. The van der Waals surface area contributed by atoms with Crippen LogP contribution in [0.15, 0.2) is 42.9 Å². The largest absolute Gasteiger partial charge is 0.288 e. The molecule has 0 aliphatic rings. The summed E-state index contributed by atoms with van der Waals surface area (Å²) in [5.74, 6) is -0.884. The van der Waals surface area contributed by atoms with Crippen LogP contribution in [-0.4, -0.2) is 21.8 Å². The fourth-order valence-electron chi connectivity index (χ4n) is 1.36. The van der Waals surface area contributed by atoms with Gasteiger partial charge in [-0.1, -0.05) is 6.07 Å². The maximum Gasteiger partial charge on any atom is 0.288 e. The quantitative estimate of drug-likeness (QED) is 0.817. The Bertz CT molecular complexity index is 587. The minimum absolute atomic E-state index is 0. The van der Waals surface area contributed by atoms with Gasteiger partial charge in [0.2, 0.25) is 0 Å². The molecule has 2 rings (SSSR count). The Morgan fingerprint density at radius 2 is 1.65 bits per heavy atom. The van der Waals surface area contributed by atoms with Crippen LogP contribution in [0.25, 0.3) is 0 Å². The van der Waals surface area contributed by atoms with Crippen LogP contribution in [0.3, 0.4) is 0 Å². The highest BCUT2D eigenvalue weighted by atomic mass is 35.5. The zero-order valence-corrected chi connectivity index (χ0v) is 11.5. The van der Waals surface area contributed by atoms with Crippen molar-refractivity contribution in [3.63, 3.8) is 0 Å². The molecule has 104 valence electrons. The van der Waals surface area contributed by atoms with E-state index in [4.69, 9.17) is 0 Å². The normalized spacial score (nSPS) is 9.25. The second-order valence-corrected chi connectivity index (χ2v) is 3.86. The number of carbonyl (C=O) groups is 2. The van der Waals surface area contributed by atoms with Crippen LogP contribution in [0.2, 0.25) is 0 Å². The summed E-state index contributed by atoms with van der Waals surface area (Å²) in [5, 5.41) is 0. The average Bonchev–Trinajstić information content (AvgIpc) is 2.46. The van der Waals surface area contributed by atoms with E-state index < -0.39 is 11.8 Å². The zero-order chi connectivity index (χ0) is 13.7. The van der Waals surface area contributed by atoms with E-state index in [2.05, 4.69) is 20.8 Å². The molecule has 2 aromatic rings. The lowest BCUT2D eigenvalue weighted by Crippen LogP contribution is -2.41. The molecule has 0 bridgehead atoms. The minimum Gasteiger partial charge on any atom is -0.267 e. The maximum absolute atomic E-state index is 11.7. The topological polar surface area (TPSA) is 84.0 Å². The number of rotatable bonds is 2. The first kappa shape index (κ1) is 15.6. The third-order valence-electron chi connectivity index (χ3n) is 2.38. The van der Waals surface area contributed by atoms with Crippen molar-refractivity contribution in [3.05, 3.63) is 59.7 Å². The van der Waals surface area contributed by atoms with Crippen molar-refractivity contribution >= 4 is 24.2 Å². The van der Waals surface area contributed by atoms with Gasteiger partial charge in [-0.2, -0.15) is 0 Å². The average molecular weight is 293 g/mol. The number of pyridine rings is 2. The Morgan fingerprint density at radius 1 is 1.00 bits per heavy atom. The Kier molecular flexibility index (Phi) is 5.61. The summed E-state index contributed by atoms with van der Waals surface area (Å²) in [6.45, 7) is 1.87. The molecule has 20 heavy (non-hydrogen) atoms. The van der Waals surface area contributed by atoms with Crippen molar-refractivity contribution in [1.82, 2.24) is 20.8 Å². The molecule has 0 saturated carbocycles. The van der Waals surface area contributed by atoms with Gasteiger partial charge in [-0.05, 0) is 30.7 Å². The number of hydrogen-bond donors (Lipinski definition) is 2. The molecule has 0 fully saturated rings. The summed E-state index contributed by atoms with van der Waals surface area (Å²) in [4.78, 5) is 31.1. The Hall–Kier alpha value is -2.47. The van der Waals surface area contributed by atoms with Gasteiger partial charge in [0.1, 0.15) is 5.69 Å². The van der Waals surface area contributed by atoms with E-state index >= 15 is 0 Å².